The monoisotopic (exact) mass is 483 g/mol. The molecule has 3 aromatic carbocycles. The number of rotatable bonds is 8. The van der Waals surface area contributed by atoms with Crippen molar-refractivity contribution in [1.29, 1.82) is 0 Å². The summed E-state index contributed by atoms with van der Waals surface area (Å²) in [4.78, 5) is 12.4. The number of aryl methyl sites for hydroxylation is 1. The molecule has 0 saturated heterocycles. The van der Waals surface area contributed by atoms with Crippen molar-refractivity contribution >= 4 is 16.2 Å². The Bertz CT molecular complexity index is 1180. The van der Waals surface area contributed by atoms with E-state index in [0.29, 0.717) is 5.56 Å². The molecule has 0 aliphatic rings. The maximum absolute atomic E-state index is 12.5. The average Bonchev–Trinajstić information content (AvgIpc) is 2.77. The van der Waals surface area contributed by atoms with Gasteiger partial charge in [-0.2, -0.15) is 8.42 Å². The lowest BCUT2D eigenvalue weighted by atomic mass is 10.2. The molecule has 8 heteroatoms. The highest BCUT2D eigenvalue weighted by Gasteiger charge is 2.22. The average molecular weight is 484 g/mol. The summed E-state index contributed by atoms with van der Waals surface area (Å²) in [5.41, 5.74) is 1.81. The van der Waals surface area contributed by atoms with Gasteiger partial charge in [0, 0.05) is 5.56 Å². The largest absolute Gasteiger partial charge is 0.444 e. The van der Waals surface area contributed by atoms with E-state index in [0.717, 1.165) is 11.1 Å². The van der Waals surface area contributed by atoms with E-state index in [-0.39, 0.29) is 17.3 Å². The summed E-state index contributed by atoms with van der Waals surface area (Å²) in [5, 5.41) is 2.72. The molecule has 3 aromatic rings. The minimum absolute atomic E-state index is 0.0674. The Hall–Kier alpha value is -3.36. The molecule has 0 fully saturated rings. The minimum Gasteiger partial charge on any atom is -0.444 e. The normalized spacial score (nSPS) is 12.6. The molecule has 1 N–H and O–H groups in total. The zero-order valence-corrected chi connectivity index (χ0v) is 20.5. The highest BCUT2D eigenvalue weighted by atomic mass is 32.2. The van der Waals surface area contributed by atoms with Crippen LogP contribution < -0.4 is 9.50 Å². The summed E-state index contributed by atoms with van der Waals surface area (Å²) < 4.78 is 41.7. The quantitative estimate of drug-likeness (QED) is 0.336. The van der Waals surface area contributed by atoms with E-state index in [4.69, 9.17) is 13.7 Å². The van der Waals surface area contributed by atoms with E-state index in [1.54, 1.807) is 45.0 Å². The third-order valence-electron chi connectivity index (χ3n) is 4.61. The Kier molecular flexibility index (Phi) is 7.96. The maximum atomic E-state index is 12.5. The number of hydrogen-bond acceptors (Lipinski definition) is 6. The van der Waals surface area contributed by atoms with Gasteiger partial charge in [-0.3, -0.25) is 5.32 Å². The molecule has 0 heterocycles. The van der Waals surface area contributed by atoms with E-state index < -0.39 is 28.0 Å². The Morgan fingerprint density at radius 2 is 1.53 bits per heavy atom. The van der Waals surface area contributed by atoms with Crippen LogP contribution in [0.25, 0.3) is 0 Å². The first-order valence-corrected chi connectivity index (χ1v) is 12.2. The number of carbonyl (C=O) groups is 1. The van der Waals surface area contributed by atoms with Crippen LogP contribution in [0.4, 0.5) is 4.79 Å². The van der Waals surface area contributed by atoms with Crippen molar-refractivity contribution in [3.63, 3.8) is 0 Å². The summed E-state index contributed by atoms with van der Waals surface area (Å²) >= 11 is 0. The van der Waals surface area contributed by atoms with Gasteiger partial charge in [-0.15, -0.1) is 0 Å². The molecular formula is C26H29NO6S. The predicted molar refractivity (Wildman–Crippen MR) is 129 cm³/mol. The van der Waals surface area contributed by atoms with Gasteiger partial charge in [0.1, 0.15) is 16.2 Å². The molecule has 0 aliphatic carbocycles. The lowest BCUT2D eigenvalue weighted by Crippen LogP contribution is -2.36. The van der Waals surface area contributed by atoms with Crippen LogP contribution in [-0.4, -0.2) is 20.1 Å². The molecule has 34 heavy (non-hydrogen) atoms. The summed E-state index contributed by atoms with van der Waals surface area (Å²) in [5.74, 6) is 0.142. The summed E-state index contributed by atoms with van der Waals surface area (Å²) in [6.07, 6.45) is -1.45. The predicted octanol–water partition coefficient (Wildman–Crippen LogP) is 5.50. The van der Waals surface area contributed by atoms with E-state index in [2.05, 4.69) is 5.32 Å². The maximum Gasteiger partial charge on any atom is 0.409 e. The van der Waals surface area contributed by atoms with Crippen molar-refractivity contribution in [3.05, 3.63) is 95.6 Å². The number of amides is 1. The van der Waals surface area contributed by atoms with Crippen molar-refractivity contribution in [3.8, 4) is 5.75 Å². The van der Waals surface area contributed by atoms with Gasteiger partial charge in [0.15, 0.2) is 6.23 Å². The Labute approximate surface area is 200 Å². The topological polar surface area (TPSA) is 90.9 Å². The molecule has 0 aromatic heterocycles. The molecule has 7 nitrogen and oxygen atoms in total. The lowest BCUT2D eigenvalue weighted by molar-refractivity contribution is -0.00262. The summed E-state index contributed by atoms with van der Waals surface area (Å²) in [6, 6.07) is 22.2. The van der Waals surface area contributed by atoms with E-state index in [1.807, 2.05) is 37.3 Å². The van der Waals surface area contributed by atoms with Crippen LogP contribution in [0.15, 0.2) is 83.8 Å². The van der Waals surface area contributed by atoms with Gasteiger partial charge in [0.05, 0.1) is 6.61 Å². The third kappa shape index (κ3) is 7.60. The molecule has 1 unspecified atom stereocenters. The smallest absolute Gasteiger partial charge is 0.409 e. The number of alkyl carbamates (subject to hydrolysis) is 1. The van der Waals surface area contributed by atoms with Gasteiger partial charge < -0.3 is 13.7 Å². The first-order valence-electron chi connectivity index (χ1n) is 10.8. The fraction of sp³-hybridized carbons (Fsp3) is 0.269. The highest BCUT2D eigenvalue weighted by molar-refractivity contribution is 7.87. The molecule has 1 amide bonds. The Morgan fingerprint density at radius 3 is 2.12 bits per heavy atom. The molecule has 0 bridgehead atoms. The number of hydrogen-bond donors (Lipinski definition) is 1. The molecule has 1 atom stereocenters. The number of nitrogens with one attached hydrogen (secondary N) is 1. The van der Waals surface area contributed by atoms with Gasteiger partial charge in [-0.1, -0.05) is 60.2 Å². The van der Waals surface area contributed by atoms with Crippen molar-refractivity contribution in [2.45, 2.75) is 51.0 Å². The van der Waals surface area contributed by atoms with Gasteiger partial charge in [0.2, 0.25) is 0 Å². The first kappa shape index (κ1) is 25.3. The molecule has 0 spiro atoms. The Morgan fingerprint density at radius 1 is 0.912 bits per heavy atom. The lowest BCUT2D eigenvalue weighted by Gasteiger charge is -2.24. The van der Waals surface area contributed by atoms with Crippen LogP contribution in [0.2, 0.25) is 0 Å². The van der Waals surface area contributed by atoms with Crippen LogP contribution in [0.1, 0.15) is 43.7 Å². The number of carbonyl (C=O) groups excluding carboxylic acids is 1. The fourth-order valence-corrected chi connectivity index (χ4v) is 3.90. The second kappa shape index (κ2) is 10.7. The van der Waals surface area contributed by atoms with Crippen molar-refractivity contribution in [2.24, 2.45) is 0 Å². The van der Waals surface area contributed by atoms with Gasteiger partial charge in [-0.25, -0.2) is 4.79 Å². The SMILES string of the molecule is Cc1ccc(S(=O)(=O)Oc2ccc(C(NC(=O)OC(C)(C)C)OCc3ccccc3)cc2)cc1. The molecule has 0 saturated carbocycles. The summed E-state index contributed by atoms with van der Waals surface area (Å²) in [6.45, 7) is 7.44. The van der Waals surface area contributed by atoms with E-state index in [9.17, 15) is 13.2 Å². The fourth-order valence-electron chi connectivity index (χ4n) is 2.97. The molecule has 0 aliphatic heterocycles. The molecule has 180 valence electrons. The van der Waals surface area contributed by atoms with Crippen LogP contribution >= 0.6 is 0 Å². The van der Waals surface area contributed by atoms with Crippen LogP contribution in [-0.2, 0) is 26.2 Å². The molecular weight excluding hydrogens is 454 g/mol. The molecule has 3 rings (SSSR count). The van der Waals surface area contributed by atoms with Crippen molar-refractivity contribution in [2.75, 3.05) is 0 Å². The summed E-state index contributed by atoms with van der Waals surface area (Å²) in [7, 11) is -3.97. The number of ether oxygens (including phenoxy) is 2. The second-order valence-corrected chi connectivity index (χ2v) is 10.3. The van der Waals surface area contributed by atoms with Crippen LogP contribution in [0, 0.1) is 6.92 Å². The Balaban J connectivity index is 1.75. The van der Waals surface area contributed by atoms with Gasteiger partial charge >= 0.3 is 16.2 Å². The van der Waals surface area contributed by atoms with Gasteiger partial charge in [0.25, 0.3) is 0 Å². The second-order valence-electron chi connectivity index (χ2n) is 8.74. The first-order chi connectivity index (χ1) is 16.0. The standard InChI is InChI=1S/C26H29NO6S/c1-19-10-16-23(17-11-19)34(29,30)33-22-14-12-21(13-15-22)24(27-25(28)32-26(2,3)4)31-18-20-8-6-5-7-9-20/h5-17,24H,18H2,1-4H3,(H,27,28). The van der Waals surface area contributed by atoms with Gasteiger partial charge in [-0.05, 0) is 57.5 Å². The van der Waals surface area contributed by atoms with Crippen LogP contribution in [0.3, 0.4) is 0 Å². The zero-order valence-electron chi connectivity index (χ0n) is 19.6. The minimum atomic E-state index is -3.97. The number of benzene rings is 3. The van der Waals surface area contributed by atoms with Crippen molar-refractivity contribution < 1.29 is 26.9 Å². The zero-order chi connectivity index (χ0) is 24.8. The van der Waals surface area contributed by atoms with E-state index in [1.165, 1.54) is 24.3 Å². The van der Waals surface area contributed by atoms with Crippen LogP contribution in [0.5, 0.6) is 5.75 Å². The third-order valence-corrected chi connectivity index (χ3v) is 5.87. The highest BCUT2D eigenvalue weighted by Crippen LogP contribution is 2.24. The van der Waals surface area contributed by atoms with E-state index >= 15 is 0 Å². The molecule has 0 radical (unpaired) electrons. The van der Waals surface area contributed by atoms with Crippen molar-refractivity contribution in [1.82, 2.24) is 5.32 Å².